The van der Waals surface area contributed by atoms with Gasteiger partial charge in [0.05, 0.1) is 39.1 Å². The Labute approximate surface area is 311 Å². The monoisotopic (exact) mass is 706 g/mol. The van der Waals surface area contributed by atoms with Crippen LogP contribution in [0.4, 0.5) is 5.69 Å². The molecule has 9 rings (SSSR count). The lowest BCUT2D eigenvalue weighted by Crippen LogP contribution is -2.26. The number of nitro benzene ring substituents is 1. The molecule has 10 nitrogen and oxygen atoms in total. The molecule has 10 heteroatoms. The predicted molar refractivity (Wildman–Crippen MR) is 212 cm³/mol. The van der Waals surface area contributed by atoms with E-state index >= 15 is 0 Å². The van der Waals surface area contributed by atoms with Crippen molar-refractivity contribution in [3.05, 3.63) is 207 Å². The zero-order valence-corrected chi connectivity index (χ0v) is 29.8. The van der Waals surface area contributed by atoms with Gasteiger partial charge in [0.2, 0.25) is 0 Å². The summed E-state index contributed by atoms with van der Waals surface area (Å²) < 4.78 is 4.00. The number of aromatic nitrogens is 3. The van der Waals surface area contributed by atoms with Crippen LogP contribution in [0.2, 0.25) is 0 Å². The molecule has 0 spiro atoms. The van der Waals surface area contributed by atoms with E-state index in [1.807, 2.05) is 109 Å². The average molecular weight is 707 g/mol. The Hall–Kier alpha value is -7.33. The predicted octanol–water partition coefficient (Wildman–Crippen LogP) is 6.93. The number of fused-ring (bicyclic) bond motifs is 5. The van der Waals surface area contributed by atoms with Gasteiger partial charge in [-0.3, -0.25) is 10.1 Å². The van der Waals surface area contributed by atoms with Gasteiger partial charge in [0.25, 0.3) is 5.69 Å². The number of aliphatic imine (C=N–C) groups is 3. The lowest BCUT2D eigenvalue weighted by Gasteiger charge is -2.16. The van der Waals surface area contributed by atoms with Crippen molar-refractivity contribution in [2.45, 2.75) is 0 Å². The van der Waals surface area contributed by atoms with Crippen molar-refractivity contribution >= 4 is 45.1 Å². The molecule has 0 unspecified atom stereocenters. The zero-order valence-electron chi connectivity index (χ0n) is 29.8. The molecule has 1 aromatic carbocycles. The molecular weight excluding hydrogens is 673 g/mol. The number of hydrogen-bond acceptors (Lipinski definition) is 6. The molecule has 0 saturated carbocycles. The fraction of sp³-hybridized carbons (Fsp3) is 0.0682. The van der Waals surface area contributed by atoms with Crippen molar-refractivity contribution in [3.8, 4) is 0 Å². The maximum Gasteiger partial charge on any atom is 0.270 e. The Kier molecular flexibility index (Phi) is 7.85. The van der Waals surface area contributed by atoms with Crippen LogP contribution in [0.15, 0.2) is 184 Å². The van der Waals surface area contributed by atoms with Crippen LogP contribution in [0.5, 0.6) is 0 Å². The zero-order chi connectivity index (χ0) is 36.9. The molecule has 260 valence electrons. The number of pyridine rings is 2. The summed E-state index contributed by atoms with van der Waals surface area (Å²) in [6, 6.07) is 19.1. The van der Waals surface area contributed by atoms with Gasteiger partial charge in [0, 0.05) is 89.5 Å². The molecule has 5 aliphatic heterocycles. The van der Waals surface area contributed by atoms with Crippen molar-refractivity contribution < 1.29 is 14.1 Å². The van der Waals surface area contributed by atoms with E-state index in [1.165, 1.54) is 6.07 Å². The summed E-state index contributed by atoms with van der Waals surface area (Å²) in [5, 5.41) is 12.0. The summed E-state index contributed by atoms with van der Waals surface area (Å²) in [5.41, 5.74) is 13.2. The van der Waals surface area contributed by atoms with E-state index in [1.54, 1.807) is 12.1 Å². The molecule has 8 heterocycles. The minimum Gasteiger partial charge on any atom is -0.357 e. The van der Waals surface area contributed by atoms with Crippen LogP contribution in [0.1, 0.15) is 28.1 Å². The van der Waals surface area contributed by atoms with E-state index in [4.69, 9.17) is 15.0 Å². The third-order valence-electron chi connectivity index (χ3n) is 9.83. The molecule has 0 radical (unpaired) electrons. The SMILES string of the molecule is CN1C=CC(=C2C3=NC(=C(c4cc[n+](C)cc4)C4=NC(=C(c5cc[n+](C)cc5)C5=NC(=C(c6cccc([N+](=O)[O-])c6)c6ccc2[nH]6)C=C5)C=C4)C=C3)C=C1. The molecule has 0 amide bonds. The van der Waals surface area contributed by atoms with E-state index in [0.717, 1.165) is 78.9 Å². The molecule has 0 aliphatic carbocycles. The minimum atomic E-state index is -0.371. The van der Waals surface area contributed by atoms with Gasteiger partial charge < -0.3 is 9.88 Å². The van der Waals surface area contributed by atoms with Crippen molar-refractivity contribution in [1.82, 2.24) is 9.88 Å². The highest BCUT2D eigenvalue weighted by atomic mass is 16.6. The largest absolute Gasteiger partial charge is 0.357 e. The summed E-state index contributed by atoms with van der Waals surface area (Å²) in [4.78, 5) is 33.2. The van der Waals surface area contributed by atoms with Crippen LogP contribution in [0.25, 0.3) is 22.3 Å². The van der Waals surface area contributed by atoms with E-state index in [0.29, 0.717) is 11.3 Å². The van der Waals surface area contributed by atoms with Gasteiger partial charge in [-0.05, 0) is 83.0 Å². The average Bonchev–Trinajstić information content (AvgIpc) is 4.02. The molecule has 0 saturated heterocycles. The normalized spacial score (nSPS) is 17.3. The van der Waals surface area contributed by atoms with E-state index < -0.39 is 0 Å². The van der Waals surface area contributed by atoms with Gasteiger partial charge in [-0.25, -0.2) is 24.1 Å². The fourth-order valence-corrected chi connectivity index (χ4v) is 7.12. The van der Waals surface area contributed by atoms with Crippen molar-refractivity contribution in [3.63, 3.8) is 0 Å². The molecule has 5 aliphatic rings. The molecule has 1 N–H and O–H groups in total. The van der Waals surface area contributed by atoms with Gasteiger partial charge >= 0.3 is 0 Å². The topological polar surface area (TPSA) is 107 Å². The first-order valence-corrected chi connectivity index (χ1v) is 17.5. The summed E-state index contributed by atoms with van der Waals surface area (Å²) in [7, 11) is 5.98. The molecule has 4 aromatic rings. The van der Waals surface area contributed by atoms with Crippen LogP contribution >= 0.6 is 0 Å². The second-order valence-electron chi connectivity index (χ2n) is 13.5. The number of rotatable bonds is 4. The molecule has 8 bridgehead atoms. The second kappa shape index (κ2) is 13.0. The Morgan fingerprint density at radius 1 is 0.593 bits per heavy atom. The number of H-pyrrole nitrogens is 1. The highest BCUT2D eigenvalue weighted by molar-refractivity contribution is 6.37. The van der Waals surface area contributed by atoms with E-state index in [9.17, 15) is 10.1 Å². The third kappa shape index (κ3) is 5.85. The molecular formula is C44H34N8O2+2. The Bertz CT molecular complexity index is 2670. The summed E-state index contributed by atoms with van der Waals surface area (Å²) >= 11 is 0. The standard InChI is InChI=1S/C44H34N8O2/c1-49-21-15-28(16-22-49)41-33-7-9-35(45-33)42(29-17-23-50(2)24-18-29)37-11-13-39(47-37)44(31-5-4-6-32(27-31)52(53)54)40-14-12-38(48-40)43(36-10-8-34(41)46-36)30-19-25-51(3)26-20-30/h4-27,47H,1-3H3/q+2. The quantitative estimate of drug-likeness (QED) is 0.141. The maximum atomic E-state index is 12.0. The van der Waals surface area contributed by atoms with Crippen molar-refractivity contribution in [2.24, 2.45) is 29.1 Å². The number of nitrogens with one attached hydrogen (secondary N) is 1. The molecule has 3 aromatic heterocycles. The van der Waals surface area contributed by atoms with Gasteiger partial charge in [-0.2, -0.15) is 0 Å². The number of hydrogen-bond donors (Lipinski definition) is 1. The van der Waals surface area contributed by atoms with Crippen LogP contribution in [0, 0.1) is 10.1 Å². The van der Waals surface area contributed by atoms with E-state index in [2.05, 4.69) is 59.6 Å². The maximum absolute atomic E-state index is 12.0. The number of non-ortho nitro benzene ring substituents is 1. The number of benzene rings is 1. The molecule has 0 atom stereocenters. The first-order chi connectivity index (χ1) is 26.3. The van der Waals surface area contributed by atoms with Crippen LogP contribution in [-0.2, 0) is 14.1 Å². The fourth-order valence-electron chi connectivity index (χ4n) is 7.12. The number of aromatic amines is 1. The van der Waals surface area contributed by atoms with Crippen molar-refractivity contribution in [1.29, 1.82) is 0 Å². The first-order valence-electron chi connectivity index (χ1n) is 17.5. The summed E-state index contributed by atoms with van der Waals surface area (Å²) in [6.45, 7) is 0. The number of nitro groups is 1. The number of nitrogens with zero attached hydrogens (tertiary/aromatic N) is 7. The summed E-state index contributed by atoms with van der Waals surface area (Å²) in [5.74, 6) is 0. The van der Waals surface area contributed by atoms with Gasteiger partial charge in [0.15, 0.2) is 24.8 Å². The summed E-state index contributed by atoms with van der Waals surface area (Å²) in [6.07, 6.45) is 28.4. The Balaban J connectivity index is 1.36. The third-order valence-corrected chi connectivity index (χ3v) is 9.83. The Morgan fingerprint density at radius 3 is 1.59 bits per heavy atom. The van der Waals surface area contributed by atoms with Crippen LogP contribution in [-0.4, -0.2) is 39.0 Å². The number of allylic oxidation sites excluding steroid dienone is 12. The van der Waals surface area contributed by atoms with Crippen LogP contribution in [0.3, 0.4) is 0 Å². The molecule has 0 fully saturated rings. The lowest BCUT2D eigenvalue weighted by atomic mass is 9.99. The van der Waals surface area contributed by atoms with Gasteiger partial charge in [-0.15, -0.1) is 0 Å². The highest BCUT2D eigenvalue weighted by Gasteiger charge is 2.27. The highest BCUT2D eigenvalue weighted by Crippen LogP contribution is 2.39. The van der Waals surface area contributed by atoms with Gasteiger partial charge in [0.1, 0.15) is 14.1 Å². The number of aryl methyl sites for hydroxylation is 2. The minimum absolute atomic E-state index is 0.000712. The smallest absolute Gasteiger partial charge is 0.270 e. The Morgan fingerprint density at radius 2 is 1.07 bits per heavy atom. The lowest BCUT2D eigenvalue weighted by molar-refractivity contribution is -0.671. The van der Waals surface area contributed by atoms with E-state index in [-0.39, 0.29) is 10.6 Å². The molecule has 54 heavy (non-hydrogen) atoms. The first kappa shape index (κ1) is 32.6. The second-order valence-corrected chi connectivity index (χ2v) is 13.5. The van der Waals surface area contributed by atoms with Crippen molar-refractivity contribution in [2.75, 3.05) is 7.05 Å². The van der Waals surface area contributed by atoms with Crippen LogP contribution < -0.4 is 9.13 Å². The van der Waals surface area contributed by atoms with Gasteiger partial charge in [-0.1, -0.05) is 12.1 Å².